The van der Waals surface area contributed by atoms with Crippen molar-refractivity contribution in [3.8, 4) is 0 Å². The molecule has 0 saturated carbocycles. The van der Waals surface area contributed by atoms with Gasteiger partial charge in [0.15, 0.2) is 5.03 Å². The molecule has 0 radical (unpaired) electrons. The van der Waals surface area contributed by atoms with Crippen molar-refractivity contribution in [2.45, 2.75) is 71.6 Å². The Morgan fingerprint density at radius 1 is 1.16 bits per heavy atom. The van der Waals surface area contributed by atoms with Crippen molar-refractivity contribution in [2.24, 2.45) is 5.92 Å². The van der Waals surface area contributed by atoms with Crippen molar-refractivity contribution in [2.75, 3.05) is 13.1 Å². The van der Waals surface area contributed by atoms with E-state index in [1.165, 1.54) is 5.56 Å². The van der Waals surface area contributed by atoms with Gasteiger partial charge in [0.05, 0.1) is 0 Å². The van der Waals surface area contributed by atoms with Gasteiger partial charge in [0, 0.05) is 12.1 Å². The Morgan fingerprint density at radius 2 is 1.88 bits per heavy atom. The van der Waals surface area contributed by atoms with Gasteiger partial charge in [0.2, 0.25) is 12.2 Å². The van der Waals surface area contributed by atoms with E-state index in [9.17, 15) is 19.7 Å². The van der Waals surface area contributed by atoms with E-state index >= 15 is 0 Å². The Balaban J connectivity index is 1.88. The number of unbranched alkanes of at least 4 members (excludes halogenated alkanes) is 1. The highest BCUT2D eigenvalue weighted by Crippen LogP contribution is 2.10. The molecule has 1 aromatic rings. The second-order valence-corrected chi connectivity index (χ2v) is 8.51. The van der Waals surface area contributed by atoms with Crippen molar-refractivity contribution in [1.29, 1.82) is 0 Å². The first-order chi connectivity index (χ1) is 15.3. The van der Waals surface area contributed by atoms with Gasteiger partial charge in [-0.1, -0.05) is 39.3 Å². The van der Waals surface area contributed by atoms with Crippen LogP contribution in [-0.4, -0.2) is 47.4 Å². The molecule has 1 heterocycles. The van der Waals surface area contributed by atoms with Crippen LogP contribution in [0.5, 0.6) is 0 Å². The molecule has 2 amide bonds. The van der Waals surface area contributed by atoms with Crippen molar-refractivity contribution in [3.05, 3.63) is 45.5 Å². The summed E-state index contributed by atoms with van der Waals surface area (Å²) in [5.41, 5.74) is 4.27. The van der Waals surface area contributed by atoms with Crippen LogP contribution in [0.1, 0.15) is 68.8 Å². The van der Waals surface area contributed by atoms with Crippen LogP contribution >= 0.6 is 0 Å². The lowest BCUT2D eigenvalue weighted by Crippen LogP contribution is -2.47. The average molecular weight is 449 g/mol. The summed E-state index contributed by atoms with van der Waals surface area (Å²) in [6, 6.07) is 6.82. The van der Waals surface area contributed by atoms with Gasteiger partial charge < -0.3 is 10.6 Å². The van der Waals surface area contributed by atoms with E-state index in [2.05, 4.69) is 42.1 Å². The number of benzene rings is 1. The Kier molecular flexibility index (Phi) is 10.4. The molecule has 0 aromatic heterocycles. The molecule has 1 aromatic carbocycles. The van der Waals surface area contributed by atoms with Gasteiger partial charge >= 0.3 is 0 Å². The maximum absolute atomic E-state index is 12.7. The number of carbonyl (C=O) groups excluding carboxylic acids is 2. The minimum atomic E-state index is -0.671. The first-order valence-electron chi connectivity index (χ1n) is 11.4. The van der Waals surface area contributed by atoms with E-state index < -0.39 is 17.4 Å². The van der Waals surface area contributed by atoms with Gasteiger partial charge in [-0.2, -0.15) is 0 Å². The summed E-state index contributed by atoms with van der Waals surface area (Å²) in [6.45, 7) is 7.34. The van der Waals surface area contributed by atoms with Gasteiger partial charge in [0.25, 0.3) is 5.91 Å². The van der Waals surface area contributed by atoms with Crippen molar-refractivity contribution in [3.63, 3.8) is 0 Å². The van der Waals surface area contributed by atoms with Gasteiger partial charge in [-0.25, -0.2) is 10.1 Å². The summed E-state index contributed by atoms with van der Waals surface area (Å²) in [5.74, 6) is -0.0308. The number of hydrazine groups is 2. The summed E-state index contributed by atoms with van der Waals surface area (Å²) < 4.78 is 0. The summed E-state index contributed by atoms with van der Waals surface area (Å²) in [6.07, 6.45) is 4.56. The molecule has 1 aliphatic rings. The molecule has 0 aliphatic carbocycles. The lowest BCUT2D eigenvalue weighted by atomic mass is 10.1. The van der Waals surface area contributed by atoms with Crippen molar-refractivity contribution >= 4 is 11.8 Å². The third-order valence-electron chi connectivity index (χ3n) is 5.29. The predicted molar refractivity (Wildman–Crippen MR) is 122 cm³/mol. The van der Waals surface area contributed by atoms with E-state index in [1.54, 1.807) is 12.1 Å². The molecule has 1 fully saturated rings. The Bertz CT molecular complexity index is 755. The molecule has 1 aliphatic heterocycles. The van der Waals surface area contributed by atoms with Gasteiger partial charge in [-0.3, -0.25) is 14.9 Å². The van der Waals surface area contributed by atoms with Crippen LogP contribution < -0.4 is 21.4 Å². The van der Waals surface area contributed by atoms with E-state index in [4.69, 9.17) is 0 Å². The fourth-order valence-corrected chi connectivity index (χ4v) is 3.23. The van der Waals surface area contributed by atoms with Crippen LogP contribution in [0.3, 0.4) is 0 Å². The SMILES string of the molecule is CCCCc1ccc(C(=O)N[C@@H](CCCNC2NN2[N+](=O)[O-])C(=O)NCCC(C)C)cc1. The number of amides is 2. The van der Waals surface area contributed by atoms with Crippen LogP contribution in [0.2, 0.25) is 0 Å². The first-order valence-corrected chi connectivity index (χ1v) is 11.4. The molecule has 2 rings (SSSR count). The number of hydrogen-bond acceptors (Lipinski definition) is 6. The topological polar surface area (TPSA) is 138 Å². The number of rotatable bonds is 15. The molecule has 10 heteroatoms. The fourth-order valence-electron chi connectivity index (χ4n) is 3.23. The molecule has 4 N–H and O–H groups in total. The standard InChI is InChI=1S/C22H36N6O4/c1-4-5-7-17-9-11-18(12-10-17)20(29)25-19(21(30)23-15-13-16(2)3)8-6-14-24-22-26-27(22)28(31)32/h9-12,16,19,22,24,26H,4-8,13-15H2,1-3H3,(H,23,30)(H,25,29)/t19-,22?,27?/m0/s1. The maximum Gasteiger partial charge on any atom is 0.251 e. The highest BCUT2D eigenvalue weighted by Gasteiger charge is 2.43. The van der Waals surface area contributed by atoms with Gasteiger partial charge in [-0.05, 0) is 67.4 Å². The lowest BCUT2D eigenvalue weighted by Gasteiger charge is -2.19. The van der Waals surface area contributed by atoms with Crippen LogP contribution in [0.15, 0.2) is 24.3 Å². The largest absolute Gasteiger partial charge is 0.354 e. The monoisotopic (exact) mass is 448 g/mol. The molecule has 32 heavy (non-hydrogen) atoms. The summed E-state index contributed by atoms with van der Waals surface area (Å²) in [4.78, 5) is 36.0. The molecule has 0 spiro atoms. The number of aryl methyl sites for hydroxylation is 1. The predicted octanol–water partition coefficient (Wildman–Crippen LogP) is 1.96. The summed E-state index contributed by atoms with van der Waals surface area (Å²) >= 11 is 0. The number of carbonyl (C=O) groups is 2. The number of hydrogen-bond donors (Lipinski definition) is 4. The van der Waals surface area contributed by atoms with E-state index in [-0.39, 0.29) is 11.8 Å². The van der Waals surface area contributed by atoms with Crippen LogP contribution in [0.25, 0.3) is 0 Å². The minimum Gasteiger partial charge on any atom is -0.354 e. The molecule has 10 nitrogen and oxygen atoms in total. The second kappa shape index (κ2) is 13.0. The zero-order valence-electron chi connectivity index (χ0n) is 19.2. The lowest BCUT2D eigenvalue weighted by molar-refractivity contribution is -0.627. The second-order valence-electron chi connectivity index (χ2n) is 8.51. The maximum atomic E-state index is 12.7. The molecular formula is C22H36N6O4. The third-order valence-corrected chi connectivity index (χ3v) is 5.29. The molecule has 0 bridgehead atoms. The fraction of sp³-hybridized carbons (Fsp3) is 0.636. The average Bonchev–Trinajstić information content (AvgIpc) is 3.54. The van der Waals surface area contributed by atoms with Crippen LogP contribution in [0, 0.1) is 16.0 Å². The third kappa shape index (κ3) is 8.80. The minimum absolute atomic E-state index is 0.213. The Labute approximate surface area is 189 Å². The van der Waals surface area contributed by atoms with E-state index in [1.807, 2.05) is 12.1 Å². The molecule has 178 valence electrons. The normalized spacial score (nSPS) is 16.0. The number of nitrogens with one attached hydrogen (secondary N) is 4. The molecule has 1 saturated heterocycles. The smallest absolute Gasteiger partial charge is 0.251 e. The van der Waals surface area contributed by atoms with Gasteiger partial charge in [0.1, 0.15) is 6.04 Å². The first kappa shape index (κ1) is 25.5. The highest BCUT2D eigenvalue weighted by atomic mass is 16.7. The Morgan fingerprint density at radius 3 is 2.47 bits per heavy atom. The molecule has 2 atom stereocenters. The Hall–Kier alpha value is -2.72. The number of nitrogens with zero attached hydrogens (tertiary/aromatic N) is 2. The molecule has 1 unspecified atom stereocenters. The van der Waals surface area contributed by atoms with Crippen LogP contribution in [0.4, 0.5) is 0 Å². The van der Waals surface area contributed by atoms with E-state index in [0.29, 0.717) is 37.4 Å². The zero-order chi connectivity index (χ0) is 23.5. The zero-order valence-corrected chi connectivity index (χ0v) is 19.2. The van der Waals surface area contributed by atoms with Crippen molar-refractivity contribution in [1.82, 2.24) is 26.5 Å². The van der Waals surface area contributed by atoms with Gasteiger partial charge in [-0.15, -0.1) is 5.43 Å². The quantitative estimate of drug-likeness (QED) is 0.139. The van der Waals surface area contributed by atoms with Crippen molar-refractivity contribution < 1.29 is 14.6 Å². The highest BCUT2D eigenvalue weighted by molar-refractivity contribution is 5.97. The van der Waals surface area contributed by atoms with Crippen LogP contribution in [-0.2, 0) is 11.2 Å². The van der Waals surface area contributed by atoms with E-state index in [0.717, 1.165) is 30.8 Å². The summed E-state index contributed by atoms with van der Waals surface area (Å²) in [5, 5.41) is 19.7. The molecular weight excluding hydrogens is 412 g/mol. The number of nitro groups is 1. The summed E-state index contributed by atoms with van der Waals surface area (Å²) in [7, 11) is 0.